The van der Waals surface area contributed by atoms with Crippen molar-refractivity contribution < 1.29 is 9.90 Å². The van der Waals surface area contributed by atoms with Crippen molar-refractivity contribution in [2.75, 3.05) is 20.2 Å². The van der Waals surface area contributed by atoms with E-state index in [0.717, 1.165) is 25.7 Å². The Balaban J connectivity index is 2.54. The van der Waals surface area contributed by atoms with Crippen LogP contribution in [0.4, 0.5) is 0 Å². The van der Waals surface area contributed by atoms with Crippen LogP contribution >= 0.6 is 0 Å². The van der Waals surface area contributed by atoms with Crippen LogP contribution in [0.5, 0.6) is 0 Å². The summed E-state index contributed by atoms with van der Waals surface area (Å²) < 4.78 is 0. The van der Waals surface area contributed by atoms with Crippen molar-refractivity contribution in [2.24, 2.45) is 5.41 Å². The van der Waals surface area contributed by atoms with Crippen LogP contribution in [0.25, 0.3) is 0 Å². The molecule has 88 valence electrons. The normalized spacial score (nSPS) is 22.7. The Morgan fingerprint density at radius 3 is 2.47 bits per heavy atom. The second kappa shape index (κ2) is 5.61. The third kappa shape index (κ3) is 3.28. The number of nitrogens with zero attached hydrogens (tertiary/aromatic N) is 1. The van der Waals surface area contributed by atoms with Gasteiger partial charge in [-0.1, -0.05) is 19.3 Å². The third-order valence-electron chi connectivity index (χ3n) is 3.68. The van der Waals surface area contributed by atoms with Crippen LogP contribution in [0.15, 0.2) is 0 Å². The Hall–Kier alpha value is -0.410. The number of aldehydes is 1. The molecule has 0 amide bonds. The quantitative estimate of drug-likeness (QED) is 0.703. The lowest BCUT2D eigenvalue weighted by atomic mass is 9.75. The van der Waals surface area contributed by atoms with Gasteiger partial charge in [0, 0.05) is 18.0 Å². The minimum Gasteiger partial charge on any atom is -0.395 e. The molecule has 1 saturated carbocycles. The maximum atomic E-state index is 11.2. The third-order valence-corrected chi connectivity index (χ3v) is 3.68. The van der Waals surface area contributed by atoms with E-state index in [0.29, 0.717) is 0 Å². The molecule has 1 atom stereocenters. The monoisotopic (exact) mass is 213 g/mol. The van der Waals surface area contributed by atoms with Crippen LogP contribution in [-0.4, -0.2) is 42.5 Å². The van der Waals surface area contributed by atoms with Crippen LogP contribution in [0.2, 0.25) is 0 Å². The molecule has 0 saturated heterocycles. The second-order valence-electron chi connectivity index (χ2n) is 4.99. The van der Waals surface area contributed by atoms with Crippen molar-refractivity contribution in [2.45, 2.75) is 45.1 Å². The Bertz CT molecular complexity index is 200. The minimum absolute atomic E-state index is 0.142. The molecule has 1 rings (SSSR count). The number of likely N-dealkylation sites (N-methyl/N-ethyl adjacent to an activating group) is 1. The summed E-state index contributed by atoms with van der Waals surface area (Å²) in [5.41, 5.74) is -0.142. The fourth-order valence-corrected chi connectivity index (χ4v) is 2.36. The van der Waals surface area contributed by atoms with Gasteiger partial charge in [0.05, 0.1) is 6.61 Å². The van der Waals surface area contributed by atoms with Crippen molar-refractivity contribution >= 4 is 6.29 Å². The zero-order chi connectivity index (χ0) is 11.3. The van der Waals surface area contributed by atoms with Gasteiger partial charge in [-0.15, -0.1) is 0 Å². The molecule has 0 spiro atoms. The molecule has 1 N–H and O–H groups in total. The molecule has 0 bridgehead atoms. The number of hydrogen-bond donors (Lipinski definition) is 1. The Morgan fingerprint density at radius 2 is 2.00 bits per heavy atom. The van der Waals surface area contributed by atoms with Gasteiger partial charge in [0.1, 0.15) is 6.29 Å². The van der Waals surface area contributed by atoms with Crippen molar-refractivity contribution in [3.05, 3.63) is 0 Å². The molecule has 1 aliphatic rings. The highest BCUT2D eigenvalue weighted by atomic mass is 16.3. The molecular weight excluding hydrogens is 190 g/mol. The lowest BCUT2D eigenvalue weighted by Crippen LogP contribution is -2.43. The van der Waals surface area contributed by atoms with Crippen LogP contribution in [0.3, 0.4) is 0 Å². The molecule has 15 heavy (non-hydrogen) atoms. The highest BCUT2D eigenvalue weighted by Crippen LogP contribution is 2.35. The zero-order valence-electron chi connectivity index (χ0n) is 9.91. The van der Waals surface area contributed by atoms with E-state index in [-0.39, 0.29) is 18.1 Å². The predicted molar refractivity (Wildman–Crippen MR) is 60.8 cm³/mol. The summed E-state index contributed by atoms with van der Waals surface area (Å²) in [6.07, 6.45) is 6.76. The van der Waals surface area contributed by atoms with Gasteiger partial charge in [-0.05, 0) is 26.8 Å². The molecule has 0 aromatic rings. The number of aliphatic hydroxyl groups is 1. The summed E-state index contributed by atoms with van der Waals surface area (Å²) in [5, 5.41) is 9.06. The van der Waals surface area contributed by atoms with Crippen molar-refractivity contribution in [1.29, 1.82) is 0 Å². The molecule has 0 heterocycles. The largest absolute Gasteiger partial charge is 0.395 e. The van der Waals surface area contributed by atoms with Gasteiger partial charge >= 0.3 is 0 Å². The van der Waals surface area contributed by atoms with Crippen LogP contribution in [0.1, 0.15) is 39.0 Å². The van der Waals surface area contributed by atoms with Crippen LogP contribution in [-0.2, 0) is 4.79 Å². The fourth-order valence-electron chi connectivity index (χ4n) is 2.36. The van der Waals surface area contributed by atoms with Crippen LogP contribution < -0.4 is 0 Å². The summed E-state index contributed by atoms with van der Waals surface area (Å²) in [4.78, 5) is 13.3. The topological polar surface area (TPSA) is 40.5 Å². The average Bonchev–Trinajstić information content (AvgIpc) is 2.29. The number of carbonyl (C=O) groups excluding carboxylic acids is 1. The number of rotatable bonds is 5. The lowest BCUT2D eigenvalue weighted by molar-refractivity contribution is -0.119. The highest BCUT2D eigenvalue weighted by molar-refractivity contribution is 5.60. The minimum atomic E-state index is -0.142. The number of hydrogen-bond acceptors (Lipinski definition) is 3. The molecule has 3 nitrogen and oxygen atoms in total. The van der Waals surface area contributed by atoms with E-state index in [1.165, 1.54) is 19.3 Å². The first-order valence-electron chi connectivity index (χ1n) is 5.91. The first-order valence-corrected chi connectivity index (χ1v) is 5.91. The second-order valence-corrected chi connectivity index (χ2v) is 4.99. The van der Waals surface area contributed by atoms with Crippen molar-refractivity contribution in [3.8, 4) is 0 Å². The maximum Gasteiger partial charge on any atom is 0.127 e. The van der Waals surface area contributed by atoms with Gasteiger partial charge in [0.2, 0.25) is 0 Å². The fraction of sp³-hybridized carbons (Fsp3) is 0.917. The number of aliphatic hydroxyl groups excluding tert-OH is 1. The van der Waals surface area contributed by atoms with E-state index in [4.69, 9.17) is 5.11 Å². The van der Waals surface area contributed by atoms with E-state index in [1.807, 2.05) is 14.0 Å². The molecule has 1 unspecified atom stereocenters. The van der Waals surface area contributed by atoms with E-state index in [9.17, 15) is 4.79 Å². The lowest BCUT2D eigenvalue weighted by Gasteiger charge is -2.37. The van der Waals surface area contributed by atoms with Crippen molar-refractivity contribution in [3.63, 3.8) is 0 Å². The molecule has 0 aromatic carbocycles. The summed E-state index contributed by atoms with van der Waals surface area (Å²) in [6, 6.07) is 0.142. The first-order chi connectivity index (χ1) is 7.13. The van der Waals surface area contributed by atoms with Gasteiger partial charge < -0.3 is 14.8 Å². The average molecular weight is 213 g/mol. The number of carbonyl (C=O) groups is 1. The standard InChI is InChI=1S/C12H23NO2/c1-11(8-14)13(2)9-12(10-15)6-4-3-5-7-12/h10-11,14H,3-9H2,1-2H3. The molecular formula is C12H23NO2. The first kappa shape index (κ1) is 12.7. The van der Waals surface area contributed by atoms with Gasteiger partial charge in [0.25, 0.3) is 0 Å². The van der Waals surface area contributed by atoms with Crippen molar-refractivity contribution in [1.82, 2.24) is 4.90 Å². The van der Waals surface area contributed by atoms with E-state index in [1.54, 1.807) is 0 Å². The Kier molecular flexibility index (Phi) is 4.74. The molecule has 1 fully saturated rings. The maximum absolute atomic E-state index is 11.2. The molecule has 0 aliphatic heterocycles. The van der Waals surface area contributed by atoms with E-state index >= 15 is 0 Å². The van der Waals surface area contributed by atoms with Gasteiger partial charge in [-0.25, -0.2) is 0 Å². The molecule has 3 heteroatoms. The summed E-state index contributed by atoms with van der Waals surface area (Å²) in [6.45, 7) is 2.94. The van der Waals surface area contributed by atoms with E-state index < -0.39 is 0 Å². The Labute approximate surface area is 92.5 Å². The Morgan fingerprint density at radius 1 is 1.40 bits per heavy atom. The smallest absolute Gasteiger partial charge is 0.127 e. The van der Waals surface area contributed by atoms with Gasteiger partial charge in [0.15, 0.2) is 0 Å². The summed E-state index contributed by atoms with van der Waals surface area (Å²) in [7, 11) is 1.99. The molecule has 1 aliphatic carbocycles. The van der Waals surface area contributed by atoms with Gasteiger partial charge in [-0.3, -0.25) is 0 Å². The molecule has 0 aromatic heterocycles. The zero-order valence-corrected chi connectivity index (χ0v) is 9.91. The van der Waals surface area contributed by atoms with Crippen LogP contribution in [0, 0.1) is 5.41 Å². The molecule has 0 radical (unpaired) electrons. The predicted octanol–water partition coefficient (Wildman–Crippen LogP) is 1.45. The van der Waals surface area contributed by atoms with Gasteiger partial charge in [-0.2, -0.15) is 0 Å². The highest BCUT2D eigenvalue weighted by Gasteiger charge is 2.33. The summed E-state index contributed by atoms with van der Waals surface area (Å²) >= 11 is 0. The SMILES string of the molecule is CC(CO)N(C)CC1(C=O)CCCCC1. The summed E-state index contributed by atoms with van der Waals surface area (Å²) in [5.74, 6) is 0. The van der Waals surface area contributed by atoms with E-state index in [2.05, 4.69) is 4.90 Å².